The van der Waals surface area contributed by atoms with Crippen molar-refractivity contribution in [2.45, 2.75) is 63.1 Å². The first-order valence-corrected chi connectivity index (χ1v) is 8.34. The Balaban J connectivity index is 1.59. The van der Waals surface area contributed by atoms with Gasteiger partial charge in [0.1, 0.15) is 0 Å². The number of nitrogens with zero attached hydrogens (tertiary/aromatic N) is 1. The third kappa shape index (κ3) is 2.51. The van der Waals surface area contributed by atoms with Crippen molar-refractivity contribution in [3.63, 3.8) is 0 Å². The molecule has 0 heterocycles. The Morgan fingerprint density at radius 1 is 1.05 bits per heavy atom. The summed E-state index contributed by atoms with van der Waals surface area (Å²) in [5, 5.41) is 10.9. The van der Waals surface area contributed by atoms with Gasteiger partial charge in [0.05, 0.1) is 6.10 Å². The van der Waals surface area contributed by atoms with Crippen LogP contribution in [0.5, 0.6) is 0 Å². The van der Waals surface area contributed by atoms with Gasteiger partial charge in [0.2, 0.25) is 0 Å². The maximum Gasteiger partial charge on any atom is 0.0947 e. The molecular weight excluding hydrogens is 246 g/mol. The monoisotopic (exact) mass is 271 g/mol. The Kier molecular flexibility index (Phi) is 3.31. The van der Waals surface area contributed by atoms with E-state index < -0.39 is 0 Å². The third-order valence-electron chi connectivity index (χ3n) is 5.29. The van der Waals surface area contributed by atoms with Crippen LogP contribution < -0.4 is 0 Å². The van der Waals surface area contributed by atoms with Crippen LogP contribution in [-0.2, 0) is 6.42 Å². The van der Waals surface area contributed by atoms with Crippen molar-refractivity contribution >= 4 is 0 Å². The molecule has 0 radical (unpaired) electrons. The van der Waals surface area contributed by atoms with Crippen molar-refractivity contribution < 1.29 is 5.11 Å². The van der Waals surface area contributed by atoms with Crippen molar-refractivity contribution in [2.24, 2.45) is 5.92 Å². The zero-order valence-corrected chi connectivity index (χ0v) is 12.2. The van der Waals surface area contributed by atoms with E-state index in [1.807, 2.05) is 0 Å². The summed E-state index contributed by atoms with van der Waals surface area (Å²) in [6.07, 6.45) is 8.71. The van der Waals surface area contributed by atoms with Crippen LogP contribution in [0.3, 0.4) is 0 Å². The van der Waals surface area contributed by atoms with Crippen LogP contribution in [-0.4, -0.2) is 28.6 Å². The SMILES string of the molecule is OC1c2ccccc2CCCC1N(CC1CC1)C1CC1. The predicted octanol–water partition coefficient (Wildman–Crippen LogP) is 3.30. The van der Waals surface area contributed by atoms with Crippen LogP contribution in [0.1, 0.15) is 55.8 Å². The lowest BCUT2D eigenvalue weighted by Gasteiger charge is -2.34. The largest absolute Gasteiger partial charge is 0.387 e. The van der Waals surface area contributed by atoms with Crippen molar-refractivity contribution in [3.8, 4) is 0 Å². The second kappa shape index (κ2) is 5.16. The zero-order valence-electron chi connectivity index (χ0n) is 12.2. The first kappa shape index (κ1) is 12.8. The van der Waals surface area contributed by atoms with Crippen molar-refractivity contribution in [2.75, 3.05) is 6.54 Å². The average molecular weight is 271 g/mol. The summed E-state index contributed by atoms with van der Waals surface area (Å²) in [6, 6.07) is 9.64. The number of benzene rings is 1. The topological polar surface area (TPSA) is 23.5 Å². The summed E-state index contributed by atoms with van der Waals surface area (Å²) in [6.45, 7) is 1.23. The molecule has 2 saturated carbocycles. The van der Waals surface area contributed by atoms with E-state index in [4.69, 9.17) is 0 Å². The first-order valence-electron chi connectivity index (χ1n) is 8.34. The minimum atomic E-state index is -0.284. The molecule has 0 spiro atoms. The highest BCUT2D eigenvalue weighted by Gasteiger charge is 2.40. The van der Waals surface area contributed by atoms with E-state index in [0.717, 1.165) is 24.8 Å². The Morgan fingerprint density at radius 2 is 1.85 bits per heavy atom. The second-order valence-electron chi connectivity index (χ2n) is 6.97. The smallest absolute Gasteiger partial charge is 0.0947 e. The molecule has 1 N–H and O–H groups in total. The quantitative estimate of drug-likeness (QED) is 0.849. The molecule has 1 aromatic rings. The molecule has 0 amide bonds. The standard InChI is InChI=1S/C18H25NO/c20-18-16-6-2-1-4-14(16)5-3-7-17(18)19(15-10-11-15)12-13-8-9-13/h1-2,4,6,13,15,17-18,20H,3,5,7-12H2. The summed E-state index contributed by atoms with van der Waals surface area (Å²) < 4.78 is 0. The van der Waals surface area contributed by atoms with Crippen LogP contribution in [0.4, 0.5) is 0 Å². The first-order chi connectivity index (χ1) is 9.83. The molecule has 3 aliphatic carbocycles. The van der Waals surface area contributed by atoms with E-state index in [1.165, 1.54) is 49.8 Å². The molecule has 2 atom stereocenters. The predicted molar refractivity (Wildman–Crippen MR) is 80.6 cm³/mol. The van der Waals surface area contributed by atoms with Crippen molar-refractivity contribution in [1.82, 2.24) is 4.90 Å². The molecule has 4 rings (SSSR count). The highest BCUT2D eigenvalue weighted by Crippen LogP contribution is 2.41. The molecule has 3 aliphatic rings. The number of aliphatic hydroxyl groups excluding tert-OH is 1. The van der Waals surface area contributed by atoms with E-state index in [1.54, 1.807) is 0 Å². The van der Waals surface area contributed by atoms with Gasteiger partial charge in [-0.2, -0.15) is 0 Å². The third-order valence-corrected chi connectivity index (χ3v) is 5.29. The Morgan fingerprint density at radius 3 is 2.60 bits per heavy atom. The number of hydrogen-bond donors (Lipinski definition) is 1. The highest BCUT2D eigenvalue weighted by molar-refractivity contribution is 5.31. The maximum atomic E-state index is 10.9. The van der Waals surface area contributed by atoms with Crippen molar-refractivity contribution in [3.05, 3.63) is 35.4 Å². The minimum Gasteiger partial charge on any atom is -0.387 e. The molecule has 1 aromatic carbocycles. The van der Waals surface area contributed by atoms with Crippen molar-refractivity contribution in [1.29, 1.82) is 0 Å². The Labute approximate surface area is 121 Å². The number of fused-ring (bicyclic) bond motifs is 1. The fourth-order valence-electron chi connectivity index (χ4n) is 3.82. The molecule has 2 fully saturated rings. The van der Waals surface area contributed by atoms with Gasteiger partial charge in [-0.25, -0.2) is 0 Å². The molecule has 0 aliphatic heterocycles. The van der Waals surface area contributed by atoms with Gasteiger partial charge in [0.15, 0.2) is 0 Å². The van der Waals surface area contributed by atoms with Gasteiger partial charge in [-0.15, -0.1) is 0 Å². The summed E-state index contributed by atoms with van der Waals surface area (Å²) in [5.74, 6) is 0.918. The molecule has 0 aromatic heterocycles. The number of aliphatic hydroxyl groups is 1. The van der Waals surface area contributed by atoms with Gasteiger partial charge in [0, 0.05) is 18.6 Å². The molecule has 0 saturated heterocycles. The van der Waals surface area contributed by atoms with Gasteiger partial charge in [-0.3, -0.25) is 4.90 Å². The van der Waals surface area contributed by atoms with Crippen LogP contribution in [0, 0.1) is 5.92 Å². The molecule has 2 heteroatoms. The zero-order chi connectivity index (χ0) is 13.5. The summed E-state index contributed by atoms with van der Waals surface area (Å²) in [7, 11) is 0. The molecular formula is C18H25NO. The van der Waals surface area contributed by atoms with Crippen LogP contribution in [0.15, 0.2) is 24.3 Å². The fourth-order valence-corrected chi connectivity index (χ4v) is 3.82. The van der Waals surface area contributed by atoms with Crippen LogP contribution in [0.2, 0.25) is 0 Å². The summed E-state index contributed by atoms with van der Waals surface area (Å²) >= 11 is 0. The molecule has 2 nitrogen and oxygen atoms in total. The average Bonchev–Trinajstić information content (AvgIpc) is 3.33. The van der Waals surface area contributed by atoms with E-state index >= 15 is 0 Å². The maximum absolute atomic E-state index is 10.9. The lowest BCUT2D eigenvalue weighted by Crippen LogP contribution is -2.42. The second-order valence-corrected chi connectivity index (χ2v) is 6.97. The van der Waals surface area contributed by atoms with Crippen LogP contribution in [0.25, 0.3) is 0 Å². The molecule has 0 bridgehead atoms. The number of aryl methyl sites for hydroxylation is 1. The number of rotatable bonds is 4. The minimum absolute atomic E-state index is 0.284. The highest BCUT2D eigenvalue weighted by atomic mass is 16.3. The fraction of sp³-hybridized carbons (Fsp3) is 0.667. The summed E-state index contributed by atoms with van der Waals surface area (Å²) in [4.78, 5) is 2.67. The Hall–Kier alpha value is -0.860. The van der Waals surface area contributed by atoms with Crippen LogP contribution >= 0.6 is 0 Å². The normalized spacial score (nSPS) is 30.1. The Bertz CT molecular complexity index is 478. The summed E-state index contributed by atoms with van der Waals surface area (Å²) in [5.41, 5.74) is 2.56. The molecule has 108 valence electrons. The van der Waals surface area contributed by atoms with Gasteiger partial charge < -0.3 is 5.11 Å². The van der Waals surface area contributed by atoms with Gasteiger partial charge in [-0.05, 0) is 62.0 Å². The van der Waals surface area contributed by atoms with Gasteiger partial charge >= 0.3 is 0 Å². The lowest BCUT2D eigenvalue weighted by atomic mass is 9.97. The number of hydrogen-bond acceptors (Lipinski definition) is 2. The van der Waals surface area contributed by atoms with E-state index in [-0.39, 0.29) is 6.10 Å². The van der Waals surface area contributed by atoms with E-state index in [2.05, 4.69) is 29.2 Å². The molecule has 20 heavy (non-hydrogen) atoms. The lowest BCUT2D eigenvalue weighted by molar-refractivity contribution is 0.0368. The van der Waals surface area contributed by atoms with E-state index in [0.29, 0.717) is 6.04 Å². The van der Waals surface area contributed by atoms with E-state index in [9.17, 15) is 5.11 Å². The van der Waals surface area contributed by atoms with Gasteiger partial charge in [0.25, 0.3) is 0 Å². The molecule has 2 unspecified atom stereocenters. The van der Waals surface area contributed by atoms with Gasteiger partial charge in [-0.1, -0.05) is 24.3 Å².